The Labute approximate surface area is 114 Å². The van der Waals surface area contributed by atoms with Crippen LogP contribution >= 0.6 is 11.6 Å². The third-order valence-corrected chi connectivity index (χ3v) is 2.59. The smallest absolute Gasteiger partial charge is 0.291 e. The topological polar surface area (TPSA) is 85.3 Å². The van der Waals surface area contributed by atoms with Crippen LogP contribution in [-0.4, -0.2) is 11.8 Å². The normalized spacial score (nSPS) is 10.2. The molecule has 5 nitrogen and oxygen atoms in total. The Kier molecular flexibility index (Phi) is 3.87. The van der Waals surface area contributed by atoms with E-state index in [0.717, 1.165) is 5.56 Å². The second kappa shape index (κ2) is 5.58. The third-order valence-electron chi connectivity index (χ3n) is 2.39. The largest absolute Gasteiger partial charge is 0.440 e. The van der Waals surface area contributed by atoms with E-state index in [4.69, 9.17) is 21.8 Å². The van der Waals surface area contributed by atoms with Crippen molar-refractivity contribution < 1.29 is 14.0 Å². The van der Waals surface area contributed by atoms with Crippen LogP contribution in [0.15, 0.2) is 40.8 Å². The quantitative estimate of drug-likeness (QED) is 0.899. The van der Waals surface area contributed by atoms with Gasteiger partial charge in [0, 0.05) is 5.69 Å². The molecule has 0 bridgehead atoms. The van der Waals surface area contributed by atoms with E-state index in [1.54, 1.807) is 24.3 Å². The molecule has 0 atom stereocenters. The van der Waals surface area contributed by atoms with E-state index >= 15 is 0 Å². The lowest BCUT2D eigenvalue weighted by Crippen LogP contribution is -2.14. The van der Waals surface area contributed by atoms with E-state index in [2.05, 4.69) is 5.32 Å². The predicted octanol–water partition coefficient (Wildman–Crippen LogP) is 2.21. The minimum atomic E-state index is -0.401. The van der Waals surface area contributed by atoms with Crippen molar-refractivity contribution in [2.45, 2.75) is 6.42 Å². The maximum atomic E-state index is 11.8. The van der Waals surface area contributed by atoms with Crippen molar-refractivity contribution in [3.05, 3.63) is 52.9 Å². The summed E-state index contributed by atoms with van der Waals surface area (Å²) in [6.07, 6.45) is 0.169. The summed E-state index contributed by atoms with van der Waals surface area (Å²) in [7, 11) is 0. The van der Waals surface area contributed by atoms with E-state index < -0.39 is 11.8 Å². The van der Waals surface area contributed by atoms with E-state index in [0.29, 0.717) is 5.69 Å². The van der Waals surface area contributed by atoms with Gasteiger partial charge in [-0.3, -0.25) is 9.59 Å². The van der Waals surface area contributed by atoms with E-state index in [1.807, 2.05) is 0 Å². The van der Waals surface area contributed by atoms with Crippen LogP contribution in [0, 0.1) is 0 Å². The Morgan fingerprint density at radius 1 is 1.16 bits per heavy atom. The van der Waals surface area contributed by atoms with Crippen molar-refractivity contribution in [3.63, 3.8) is 0 Å². The lowest BCUT2D eigenvalue weighted by molar-refractivity contribution is -0.117. The molecule has 1 aromatic heterocycles. The summed E-state index contributed by atoms with van der Waals surface area (Å²) >= 11 is 5.59. The van der Waals surface area contributed by atoms with Gasteiger partial charge in [-0.25, -0.2) is 0 Å². The monoisotopic (exact) mass is 278 g/mol. The SMILES string of the molecule is NC(=O)Cc1ccc(NC(=O)c2ccc(Cl)o2)cc1. The summed E-state index contributed by atoms with van der Waals surface area (Å²) in [5, 5.41) is 2.80. The Morgan fingerprint density at radius 2 is 1.84 bits per heavy atom. The van der Waals surface area contributed by atoms with E-state index in [-0.39, 0.29) is 17.4 Å². The third kappa shape index (κ3) is 3.59. The fourth-order valence-corrected chi connectivity index (χ4v) is 1.68. The van der Waals surface area contributed by atoms with Crippen LogP contribution < -0.4 is 11.1 Å². The summed E-state index contributed by atoms with van der Waals surface area (Å²) < 4.78 is 4.99. The first-order chi connectivity index (χ1) is 9.04. The number of furan rings is 1. The standard InChI is InChI=1S/C13H11ClN2O3/c14-11-6-5-10(19-11)13(18)16-9-3-1-8(2-4-9)7-12(15)17/h1-6H,7H2,(H2,15,17)(H,16,18). The fourth-order valence-electron chi connectivity index (χ4n) is 1.54. The molecule has 6 heteroatoms. The number of carbonyl (C=O) groups is 2. The molecule has 0 saturated carbocycles. The number of anilines is 1. The van der Waals surface area contributed by atoms with Crippen LogP contribution in [0.4, 0.5) is 5.69 Å². The molecule has 3 N–H and O–H groups in total. The van der Waals surface area contributed by atoms with Crippen LogP contribution in [0.5, 0.6) is 0 Å². The van der Waals surface area contributed by atoms with Gasteiger partial charge in [0.05, 0.1) is 6.42 Å². The molecule has 19 heavy (non-hydrogen) atoms. The Bertz CT molecular complexity index is 605. The number of benzene rings is 1. The molecule has 0 aliphatic carbocycles. The minimum absolute atomic E-state index is 0.131. The molecule has 0 fully saturated rings. The number of nitrogens with two attached hydrogens (primary N) is 1. The van der Waals surface area contributed by atoms with Crippen molar-refractivity contribution in [1.82, 2.24) is 0 Å². The lowest BCUT2D eigenvalue weighted by atomic mass is 10.1. The van der Waals surface area contributed by atoms with Gasteiger partial charge in [0.25, 0.3) is 5.91 Å². The average molecular weight is 279 g/mol. The molecule has 0 unspecified atom stereocenters. The molecule has 2 aromatic rings. The molecule has 0 saturated heterocycles. The molecular formula is C13H11ClN2O3. The number of nitrogens with one attached hydrogen (secondary N) is 1. The number of rotatable bonds is 4. The Morgan fingerprint density at radius 3 is 2.37 bits per heavy atom. The molecular weight excluding hydrogens is 268 g/mol. The van der Waals surface area contributed by atoms with Gasteiger partial charge < -0.3 is 15.5 Å². The van der Waals surface area contributed by atoms with Gasteiger partial charge in [0.2, 0.25) is 5.91 Å². The second-order valence-corrected chi connectivity index (χ2v) is 4.27. The average Bonchev–Trinajstić information content (AvgIpc) is 2.78. The Balaban J connectivity index is 2.03. The zero-order valence-corrected chi connectivity index (χ0v) is 10.6. The van der Waals surface area contributed by atoms with Crippen LogP contribution in [0.2, 0.25) is 5.22 Å². The van der Waals surface area contributed by atoms with Gasteiger partial charge in [-0.15, -0.1) is 0 Å². The summed E-state index contributed by atoms with van der Waals surface area (Å²) in [5.41, 5.74) is 6.46. The van der Waals surface area contributed by atoms with Gasteiger partial charge in [0.15, 0.2) is 11.0 Å². The van der Waals surface area contributed by atoms with E-state index in [1.165, 1.54) is 12.1 Å². The van der Waals surface area contributed by atoms with Crippen LogP contribution in [0.3, 0.4) is 0 Å². The molecule has 98 valence electrons. The maximum Gasteiger partial charge on any atom is 0.291 e. The second-order valence-electron chi connectivity index (χ2n) is 3.90. The van der Waals surface area contributed by atoms with Crippen LogP contribution in [0.1, 0.15) is 16.1 Å². The minimum Gasteiger partial charge on any atom is -0.440 e. The Hall–Kier alpha value is -2.27. The highest BCUT2D eigenvalue weighted by Crippen LogP contribution is 2.16. The van der Waals surface area contributed by atoms with Gasteiger partial charge in [0.1, 0.15) is 0 Å². The maximum absolute atomic E-state index is 11.8. The highest BCUT2D eigenvalue weighted by Gasteiger charge is 2.10. The van der Waals surface area contributed by atoms with Crippen molar-refractivity contribution >= 4 is 29.1 Å². The molecule has 0 aliphatic rings. The fraction of sp³-hybridized carbons (Fsp3) is 0.0769. The first-order valence-electron chi connectivity index (χ1n) is 5.48. The zero-order valence-electron chi connectivity index (χ0n) is 9.85. The van der Waals surface area contributed by atoms with Crippen molar-refractivity contribution in [1.29, 1.82) is 0 Å². The first kappa shape index (κ1) is 13.2. The molecule has 2 amide bonds. The number of hydrogen-bond donors (Lipinski definition) is 2. The highest BCUT2D eigenvalue weighted by atomic mass is 35.5. The summed E-state index contributed by atoms with van der Waals surface area (Å²) in [5.74, 6) is -0.664. The number of hydrogen-bond acceptors (Lipinski definition) is 3. The van der Waals surface area contributed by atoms with Gasteiger partial charge in [-0.05, 0) is 41.4 Å². The van der Waals surface area contributed by atoms with Crippen LogP contribution in [0.25, 0.3) is 0 Å². The highest BCUT2D eigenvalue weighted by molar-refractivity contribution is 6.29. The molecule has 1 aromatic carbocycles. The molecule has 1 heterocycles. The molecule has 0 spiro atoms. The van der Waals surface area contributed by atoms with Gasteiger partial charge in [-0.1, -0.05) is 12.1 Å². The van der Waals surface area contributed by atoms with Crippen molar-refractivity contribution in [2.75, 3.05) is 5.32 Å². The summed E-state index contributed by atoms with van der Waals surface area (Å²) in [6.45, 7) is 0. The molecule has 2 rings (SSSR count). The molecule has 0 radical (unpaired) electrons. The van der Waals surface area contributed by atoms with Gasteiger partial charge >= 0.3 is 0 Å². The number of halogens is 1. The summed E-state index contributed by atoms with van der Waals surface area (Å²) in [4.78, 5) is 22.5. The number of carbonyl (C=O) groups excluding carboxylic acids is 2. The molecule has 0 aliphatic heterocycles. The van der Waals surface area contributed by atoms with Crippen molar-refractivity contribution in [3.8, 4) is 0 Å². The van der Waals surface area contributed by atoms with Crippen LogP contribution in [-0.2, 0) is 11.2 Å². The van der Waals surface area contributed by atoms with Crippen molar-refractivity contribution in [2.24, 2.45) is 5.73 Å². The van der Waals surface area contributed by atoms with Gasteiger partial charge in [-0.2, -0.15) is 0 Å². The number of amides is 2. The number of primary amides is 1. The lowest BCUT2D eigenvalue weighted by Gasteiger charge is -2.04. The zero-order chi connectivity index (χ0) is 13.8. The van der Waals surface area contributed by atoms with E-state index in [9.17, 15) is 9.59 Å². The first-order valence-corrected chi connectivity index (χ1v) is 5.86. The predicted molar refractivity (Wildman–Crippen MR) is 71.0 cm³/mol. The summed E-state index contributed by atoms with van der Waals surface area (Å²) in [6, 6.07) is 9.78.